The summed E-state index contributed by atoms with van der Waals surface area (Å²) in [4.78, 5) is 163. The zero-order valence-corrected chi connectivity index (χ0v) is 102. The summed E-state index contributed by atoms with van der Waals surface area (Å²) in [5, 5.41) is 37.7. The number of ether oxygens (including phenoxy) is 3. The van der Waals surface area contributed by atoms with E-state index in [0.29, 0.717) is 81.0 Å². The van der Waals surface area contributed by atoms with Crippen LogP contribution in [0.4, 0.5) is 0 Å². The molecule has 4 aliphatic heterocycles. The second-order valence-electron chi connectivity index (χ2n) is 60.8. The lowest BCUT2D eigenvalue weighted by molar-refractivity contribution is -0.140. The molecule has 9 rings (SSSR count). The van der Waals surface area contributed by atoms with Crippen LogP contribution in [0.2, 0.25) is 0 Å². The number of ketones is 7. The third-order valence-corrected chi connectivity index (χ3v) is 30.4. The Labute approximate surface area is 892 Å². The second-order valence-corrected chi connectivity index (χ2v) is 60.8. The maximum absolute atomic E-state index is 12.7. The largest absolute Gasteiger partial charge is 0.390 e. The van der Waals surface area contributed by atoms with E-state index in [9.17, 15) is 72.5 Å². The topological polar surface area (TPSA) is 362 Å². The van der Waals surface area contributed by atoms with Crippen LogP contribution in [0, 0.1) is 123 Å². The highest BCUT2D eigenvalue weighted by molar-refractivity contribution is 5.98. The molecule has 846 valence electrons. The summed E-state index contributed by atoms with van der Waals surface area (Å²) in [6.07, 6.45) is 18.7. The fraction of sp³-hybridized carbons (Fsp3) is 0.846. The van der Waals surface area contributed by atoms with Gasteiger partial charge in [-0.3, -0.25) is 62.3 Å². The van der Waals surface area contributed by atoms with Crippen LogP contribution in [-0.4, -0.2) is 172 Å². The minimum absolute atomic E-state index is 0.00461. The lowest BCUT2D eigenvalue weighted by Gasteiger charge is -2.37. The van der Waals surface area contributed by atoms with Gasteiger partial charge in [-0.2, -0.15) is 0 Å². The van der Waals surface area contributed by atoms with Crippen molar-refractivity contribution in [3.05, 3.63) is 35.9 Å². The van der Waals surface area contributed by atoms with Crippen LogP contribution in [-0.2, 0) is 76.5 Å². The van der Waals surface area contributed by atoms with E-state index in [0.717, 1.165) is 88.9 Å². The van der Waals surface area contributed by atoms with Gasteiger partial charge in [0.1, 0.15) is 6.10 Å². The van der Waals surface area contributed by atoms with Crippen molar-refractivity contribution in [3.63, 3.8) is 0 Å². The highest BCUT2D eigenvalue weighted by Crippen LogP contribution is 2.51. The molecule has 4 aliphatic carbocycles. The third-order valence-electron chi connectivity index (χ3n) is 30.4. The standard InChI is InChI=1S/C20H29NO2.2C19H35NO3.C19H33NO2.C18H31NO3.C18H33NO3.C10H20O2/c1-19(2,3)16(17(22)20(4,5)6)21-18(23)15-12-14(15)13-10-8-7-9-11-13;1-12-9-14(10-13(2)23-12)11-15(21)20-16(18(3,4)5)17(22)19(6,7)8;1-17(2,3)15(16(22)18(4,5)6)20-14(21)12-13-8-10-19(7,23)11-9-13;1-18(2,3)16(17(22)19(4,5)6)20-15(21)11-14-10-12-7-8-13(14)9-12;1-17(2,3)15(16(21)18(4,5)6)19-14(20)10-11-9-12-7-8-13(11)22-12;1-16(2,3)14(15(21)17(4,5)6)19-13(20)12-18(7)8-10-22-11-9-18;1-9(2,3)7(11)8(12)10(4,5)6/h7-11,14-16H,12H2,1-6H3,(H,21,23);12-14,16H,9-11H2,1-8H3,(H,20,21);13,15,23H,8-12H2,1-7H3,(H,20,21);12-14,16H,7-11H2,1-6H3,(H,20,21);11-13,15H,7-10H2,1-6H3,(H,19,20);14H,8-12H2,1-7H3,(H,19,20);7,11H,1-6H3. The molecule has 4 bridgehead atoms. The first-order chi connectivity index (χ1) is 65.9. The summed E-state index contributed by atoms with van der Waals surface area (Å²) in [5.41, 5.74) is -4.69. The molecule has 17 unspecified atom stereocenters. The number of Topliss-reactive ketones (excluding diaryl/α,β-unsaturated/α-hetero) is 7. The van der Waals surface area contributed by atoms with Gasteiger partial charge in [0, 0.05) is 89.1 Å². The molecule has 24 heteroatoms. The van der Waals surface area contributed by atoms with E-state index in [-0.39, 0.29) is 143 Å². The number of hydrogen-bond donors (Lipinski definition) is 8. The Morgan fingerprint density at radius 3 is 0.959 bits per heavy atom. The van der Waals surface area contributed by atoms with Gasteiger partial charge in [-0.15, -0.1) is 0 Å². The molecule has 147 heavy (non-hydrogen) atoms. The summed E-state index contributed by atoms with van der Waals surface area (Å²) in [7, 11) is 0. The van der Waals surface area contributed by atoms with E-state index in [1.54, 1.807) is 0 Å². The number of aliphatic hydroxyl groups is 2. The van der Waals surface area contributed by atoms with E-state index in [1.807, 2.05) is 316 Å². The fourth-order valence-electron chi connectivity index (χ4n) is 20.6. The average molecular weight is 2070 g/mol. The molecule has 8 fully saturated rings. The van der Waals surface area contributed by atoms with E-state index in [2.05, 4.69) is 64.8 Å². The summed E-state index contributed by atoms with van der Waals surface area (Å²) in [6, 6.07) is 7.45. The van der Waals surface area contributed by atoms with Gasteiger partial charge in [-0.1, -0.05) is 334 Å². The number of amides is 6. The number of carbonyl (C=O) groups is 13. The molecule has 4 saturated carbocycles. The Morgan fingerprint density at radius 2 is 0.667 bits per heavy atom. The highest BCUT2D eigenvalue weighted by atomic mass is 16.5. The van der Waals surface area contributed by atoms with Crippen molar-refractivity contribution in [2.24, 2.45) is 123 Å². The molecular weight excluding hydrogens is 1850 g/mol. The van der Waals surface area contributed by atoms with Gasteiger partial charge in [0.2, 0.25) is 35.4 Å². The normalized spacial score (nSPS) is 25.2. The lowest BCUT2D eigenvalue weighted by Crippen LogP contribution is -2.53. The van der Waals surface area contributed by atoms with E-state index in [1.165, 1.54) is 31.2 Å². The number of carbonyl (C=O) groups excluding carboxylic acids is 13. The van der Waals surface area contributed by atoms with Crippen molar-refractivity contribution in [1.29, 1.82) is 0 Å². The molecule has 1 aromatic carbocycles. The van der Waals surface area contributed by atoms with Gasteiger partial charge in [0.15, 0.2) is 40.5 Å². The first-order valence-corrected chi connectivity index (χ1v) is 55.8. The van der Waals surface area contributed by atoms with Gasteiger partial charge >= 0.3 is 0 Å². The molecule has 0 spiro atoms. The smallest absolute Gasteiger partial charge is 0.224 e. The predicted molar refractivity (Wildman–Crippen MR) is 594 cm³/mol. The summed E-state index contributed by atoms with van der Waals surface area (Å²) >= 11 is 0. The molecule has 4 heterocycles. The minimum Gasteiger partial charge on any atom is -0.390 e. The number of aliphatic hydroxyl groups excluding tert-OH is 1. The van der Waals surface area contributed by atoms with Crippen LogP contribution in [0.5, 0.6) is 0 Å². The number of fused-ring (bicyclic) bond motifs is 4. The van der Waals surface area contributed by atoms with Crippen LogP contribution < -0.4 is 31.9 Å². The number of rotatable bonds is 25. The lowest BCUT2D eigenvalue weighted by atomic mass is 9.75. The average Bonchev–Trinajstić information content (AvgIpc) is 1.62. The van der Waals surface area contributed by atoms with Gasteiger partial charge in [0.25, 0.3) is 0 Å². The molecule has 0 radical (unpaired) electrons. The highest BCUT2D eigenvalue weighted by Gasteiger charge is 2.51. The number of benzene rings is 1. The van der Waals surface area contributed by atoms with Crippen LogP contribution in [0.15, 0.2) is 30.3 Å². The number of nitrogens with one attached hydrogen (secondary N) is 6. The van der Waals surface area contributed by atoms with Gasteiger partial charge in [-0.05, 0) is 207 Å². The van der Waals surface area contributed by atoms with E-state index < -0.39 is 85.9 Å². The first kappa shape index (κ1) is 135. The third kappa shape index (κ3) is 45.6. The Bertz CT molecular complexity index is 4370. The molecule has 0 aromatic heterocycles. The molecule has 8 N–H and O–H groups in total. The van der Waals surface area contributed by atoms with Crippen molar-refractivity contribution in [1.82, 2.24) is 31.9 Å². The van der Waals surface area contributed by atoms with Gasteiger partial charge < -0.3 is 56.3 Å². The fourth-order valence-corrected chi connectivity index (χ4v) is 20.6. The second kappa shape index (κ2) is 52.6. The van der Waals surface area contributed by atoms with Crippen molar-refractivity contribution >= 4 is 75.9 Å². The Morgan fingerprint density at radius 1 is 0.340 bits per heavy atom. The van der Waals surface area contributed by atoms with Crippen LogP contribution in [0.1, 0.15) is 465 Å². The number of hydrogen-bond acceptors (Lipinski definition) is 18. The van der Waals surface area contributed by atoms with Gasteiger partial charge in [0.05, 0.1) is 66.3 Å². The van der Waals surface area contributed by atoms with Crippen LogP contribution >= 0.6 is 0 Å². The quantitative estimate of drug-likeness (QED) is 0.0451. The minimum atomic E-state index is -0.863. The van der Waals surface area contributed by atoms with Crippen molar-refractivity contribution < 1.29 is 86.8 Å². The summed E-state index contributed by atoms with van der Waals surface area (Å²) in [5.74, 6) is 3.85. The zero-order valence-electron chi connectivity index (χ0n) is 102. The maximum Gasteiger partial charge on any atom is 0.224 e. The Balaban J connectivity index is 0.000000443. The summed E-state index contributed by atoms with van der Waals surface area (Å²) in [6.45, 7) is 91.0. The van der Waals surface area contributed by atoms with Gasteiger partial charge in [-0.25, -0.2) is 0 Å². The Kier molecular flexibility index (Phi) is 48.2. The van der Waals surface area contributed by atoms with Crippen molar-refractivity contribution in [2.75, 3.05) is 13.2 Å². The molecule has 8 aliphatic rings. The molecule has 24 nitrogen and oxygen atoms in total. The van der Waals surface area contributed by atoms with Crippen LogP contribution in [0.3, 0.4) is 0 Å². The van der Waals surface area contributed by atoms with Crippen molar-refractivity contribution in [3.8, 4) is 0 Å². The van der Waals surface area contributed by atoms with E-state index in [4.69, 9.17) is 14.2 Å². The van der Waals surface area contributed by atoms with Crippen LogP contribution in [0.25, 0.3) is 0 Å². The monoisotopic (exact) mass is 2070 g/mol. The SMILES string of the molecule is CC(C)(C)C(=O)C(NC(=O)C1CC1c1ccccc1)C(C)(C)C.CC(C)(C)C(=O)C(NC(=O)CC1CC2CCC1C2)C(C)(C)C.CC(C)(C)C(=O)C(NC(=O)CC1CC2CCC1O2)C(C)(C)C.CC(C)(C)C(=O)C(O)C(C)(C)C.CC1(CC(=O)NC(C(=O)C(C)(C)C)C(C)(C)C)CCOCC1.CC1(O)CCC(CC(=O)NC(C(=O)C(C)(C)C)C(C)(C)C)CC1.CC1CC(CC(=O)NC(C(=O)C(C)(C)C)C(C)(C)C)CC(C)O1. The summed E-state index contributed by atoms with van der Waals surface area (Å²) < 4.78 is 16.9. The molecule has 4 saturated heterocycles. The van der Waals surface area contributed by atoms with E-state index >= 15 is 0 Å². The predicted octanol–water partition coefficient (Wildman–Crippen LogP) is 23.5. The Hall–Kier alpha value is -6.47. The molecule has 1 aromatic rings. The van der Waals surface area contributed by atoms with Crippen molar-refractivity contribution in [2.45, 2.75) is 532 Å². The molecule has 17 atom stereocenters. The zero-order chi connectivity index (χ0) is 114. The maximum atomic E-state index is 12.7. The molecular formula is C123H216N6O18. The first-order valence-electron chi connectivity index (χ1n) is 55.8. The molecule has 6 amide bonds.